The van der Waals surface area contributed by atoms with Crippen molar-refractivity contribution in [3.05, 3.63) is 23.5 Å². The third kappa shape index (κ3) is 2.24. The highest BCUT2D eigenvalue weighted by Crippen LogP contribution is 2.30. The molecular formula is C14H15FN4O2. The fourth-order valence-corrected chi connectivity index (χ4v) is 2.46. The number of carbonyl (C=O) groups is 2. The van der Waals surface area contributed by atoms with Gasteiger partial charge >= 0.3 is 6.03 Å². The van der Waals surface area contributed by atoms with Gasteiger partial charge in [0.1, 0.15) is 5.82 Å². The quantitative estimate of drug-likeness (QED) is 0.890. The third-order valence-electron chi connectivity index (χ3n) is 3.59. The van der Waals surface area contributed by atoms with Crippen molar-refractivity contribution in [2.24, 2.45) is 0 Å². The van der Waals surface area contributed by atoms with Crippen LogP contribution in [0.4, 0.5) is 15.0 Å². The Balaban J connectivity index is 2.06. The second kappa shape index (κ2) is 4.83. The summed E-state index contributed by atoms with van der Waals surface area (Å²) >= 11 is 0. The van der Waals surface area contributed by atoms with Gasteiger partial charge in [0.05, 0.1) is 5.52 Å². The molecule has 2 aromatic rings. The number of hydrogen-bond donors (Lipinski definition) is 2. The number of fused-ring (bicyclic) bond motifs is 1. The number of benzene rings is 1. The molecule has 0 spiro atoms. The van der Waals surface area contributed by atoms with Gasteiger partial charge in [0.2, 0.25) is 5.91 Å². The predicted molar refractivity (Wildman–Crippen MR) is 75.6 cm³/mol. The number of aromatic amines is 1. The first-order chi connectivity index (χ1) is 9.97. The summed E-state index contributed by atoms with van der Waals surface area (Å²) in [6, 6.07) is 2.56. The minimum absolute atomic E-state index is 0.0528. The molecule has 0 saturated carbocycles. The summed E-state index contributed by atoms with van der Waals surface area (Å²) in [5, 5.41) is 9.67. The number of halogens is 1. The van der Waals surface area contributed by atoms with E-state index in [0.717, 1.165) is 0 Å². The molecule has 0 radical (unpaired) electrons. The van der Waals surface area contributed by atoms with E-state index in [9.17, 15) is 14.0 Å². The minimum Gasteiger partial charge on any atom is -0.278 e. The highest BCUT2D eigenvalue weighted by molar-refractivity contribution is 6.08. The summed E-state index contributed by atoms with van der Waals surface area (Å²) in [6.45, 7) is 4.05. The molecule has 7 heteroatoms. The number of H-pyrrole nitrogens is 1. The van der Waals surface area contributed by atoms with E-state index in [1.165, 1.54) is 11.0 Å². The van der Waals surface area contributed by atoms with E-state index in [1.807, 2.05) is 13.8 Å². The van der Waals surface area contributed by atoms with Gasteiger partial charge in [-0.1, -0.05) is 13.8 Å². The minimum atomic E-state index is -0.534. The van der Waals surface area contributed by atoms with E-state index < -0.39 is 6.03 Å². The van der Waals surface area contributed by atoms with Crippen LogP contribution in [0.1, 0.15) is 31.7 Å². The SMILES string of the molecule is CC(C)c1cc2[nH]nc(N3CCC(=O)NC3=O)c2cc1F. The smallest absolute Gasteiger partial charge is 0.278 e. The van der Waals surface area contributed by atoms with Crippen LogP contribution in [0.25, 0.3) is 10.9 Å². The summed E-state index contributed by atoms with van der Waals surface area (Å²) in [6.07, 6.45) is 0.201. The van der Waals surface area contributed by atoms with Crippen LogP contribution in [0.15, 0.2) is 12.1 Å². The Bertz CT molecular complexity index is 738. The van der Waals surface area contributed by atoms with Crippen molar-refractivity contribution in [2.75, 3.05) is 11.4 Å². The van der Waals surface area contributed by atoms with Crippen molar-refractivity contribution in [1.29, 1.82) is 0 Å². The van der Waals surface area contributed by atoms with Crippen molar-refractivity contribution in [1.82, 2.24) is 15.5 Å². The fourth-order valence-electron chi connectivity index (χ4n) is 2.46. The average molecular weight is 290 g/mol. The van der Waals surface area contributed by atoms with Crippen LogP contribution in [-0.4, -0.2) is 28.7 Å². The maximum Gasteiger partial charge on any atom is 0.329 e. The van der Waals surface area contributed by atoms with Gasteiger partial charge in [-0.05, 0) is 23.6 Å². The molecule has 1 fully saturated rings. The fraction of sp³-hybridized carbons (Fsp3) is 0.357. The second-order valence-corrected chi connectivity index (χ2v) is 5.38. The number of imide groups is 1. The van der Waals surface area contributed by atoms with Crippen LogP contribution in [0.5, 0.6) is 0 Å². The molecule has 3 rings (SSSR count). The highest BCUT2D eigenvalue weighted by Gasteiger charge is 2.27. The molecule has 0 atom stereocenters. The zero-order valence-electron chi connectivity index (χ0n) is 11.7. The van der Waals surface area contributed by atoms with Gasteiger partial charge < -0.3 is 0 Å². The molecule has 110 valence electrons. The number of anilines is 1. The van der Waals surface area contributed by atoms with Gasteiger partial charge in [-0.3, -0.25) is 20.1 Å². The first kappa shape index (κ1) is 13.5. The number of amides is 3. The van der Waals surface area contributed by atoms with Crippen LogP contribution in [0.2, 0.25) is 0 Å². The molecule has 0 unspecified atom stereocenters. The van der Waals surface area contributed by atoms with Gasteiger partial charge in [-0.15, -0.1) is 0 Å². The number of aromatic nitrogens is 2. The zero-order chi connectivity index (χ0) is 15.1. The average Bonchev–Trinajstić information content (AvgIpc) is 2.80. The third-order valence-corrected chi connectivity index (χ3v) is 3.59. The van der Waals surface area contributed by atoms with Gasteiger partial charge in [-0.2, -0.15) is 5.10 Å². The van der Waals surface area contributed by atoms with Crippen molar-refractivity contribution in [3.8, 4) is 0 Å². The standard InChI is InChI=1S/C14H15FN4O2/c1-7(2)8-6-11-9(5-10(8)15)13(18-17-11)19-4-3-12(20)16-14(19)21/h5-7H,3-4H2,1-2H3,(H,17,18)(H,16,20,21). The summed E-state index contributed by atoms with van der Waals surface area (Å²) < 4.78 is 14.1. The Labute approximate surface area is 120 Å². The van der Waals surface area contributed by atoms with Crippen molar-refractivity contribution in [3.63, 3.8) is 0 Å². The molecule has 1 aromatic carbocycles. The maximum absolute atomic E-state index is 14.1. The molecule has 0 aliphatic carbocycles. The van der Waals surface area contributed by atoms with E-state index in [-0.39, 0.29) is 30.6 Å². The van der Waals surface area contributed by atoms with Crippen LogP contribution in [-0.2, 0) is 4.79 Å². The van der Waals surface area contributed by atoms with Crippen molar-refractivity contribution in [2.45, 2.75) is 26.2 Å². The maximum atomic E-state index is 14.1. The summed E-state index contributed by atoms with van der Waals surface area (Å²) in [5.74, 6) is -0.251. The van der Waals surface area contributed by atoms with Crippen LogP contribution < -0.4 is 10.2 Å². The van der Waals surface area contributed by atoms with Gasteiger partial charge in [0.15, 0.2) is 5.82 Å². The van der Waals surface area contributed by atoms with Crippen LogP contribution in [0.3, 0.4) is 0 Å². The summed E-state index contributed by atoms with van der Waals surface area (Å²) in [7, 11) is 0. The van der Waals surface area contributed by atoms with Crippen molar-refractivity contribution >= 4 is 28.7 Å². The Morgan fingerprint density at radius 1 is 1.33 bits per heavy atom. The molecule has 0 bridgehead atoms. The van der Waals surface area contributed by atoms with E-state index in [1.54, 1.807) is 6.07 Å². The second-order valence-electron chi connectivity index (χ2n) is 5.38. The van der Waals surface area contributed by atoms with E-state index in [2.05, 4.69) is 15.5 Å². The first-order valence-electron chi connectivity index (χ1n) is 6.76. The normalized spacial score (nSPS) is 15.9. The number of nitrogens with zero attached hydrogens (tertiary/aromatic N) is 2. The van der Waals surface area contributed by atoms with Gasteiger partial charge in [0.25, 0.3) is 0 Å². The zero-order valence-corrected chi connectivity index (χ0v) is 11.7. The van der Waals surface area contributed by atoms with Crippen LogP contribution >= 0.6 is 0 Å². The van der Waals surface area contributed by atoms with E-state index in [4.69, 9.17) is 0 Å². The van der Waals surface area contributed by atoms with Gasteiger partial charge in [0, 0.05) is 18.4 Å². The number of hydrogen-bond acceptors (Lipinski definition) is 3. The lowest BCUT2D eigenvalue weighted by Gasteiger charge is -2.24. The largest absolute Gasteiger partial charge is 0.329 e. The number of carbonyl (C=O) groups excluding carboxylic acids is 2. The predicted octanol–water partition coefficient (Wildman–Crippen LogP) is 2.27. The lowest BCUT2D eigenvalue weighted by Crippen LogP contribution is -2.49. The Kier molecular flexibility index (Phi) is 3.12. The summed E-state index contributed by atoms with van der Waals surface area (Å²) in [4.78, 5) is 24.4. The van der Waals surface area contributed by atoms with Crippen LogP contribution in [0, 0.1) is 5.82 Å². The topological polar surface area (TPSA) is 78.1 Å². The number of urea groups is 1. The molecule has 2 heterocycles. The Hall–Kier alpha value is -2.44. The molecule has 6 nitrogen and oxygen atoms in total. The lowest BCUT2D eigenvalue weighted by atomic mass is 10.0. The first-order valence-corrected chi connectivity index (χ1v) is 6.76. The molecule has 1 saturated heterocycles. The molecule has 21 heavy (non-hydrogen) atoms. The monoisotopic (exact) mass is 290 g/mol. The molecule has 2 N–H and O–H groups in total. The number of nitrogens with one attached hydrogen (secondary N) is 2. The Morgan fingerprint density at radius 3 is 2.76 bits per heavy atom. The van der Waals surface area contributed by atoms with Gasteiger partial charge in [-0.25, -0.2) is 9.18 Å². The van der Waals surface area contributed by atoms with E-state index >= 15 is 0 Å². The lowest BCUT2D eigenvalue weighted by molar-refractivity contribution is -0.120. The highest BCUT2D eigenvalue weighted by atomic mass is 19.1. The molecule has 1 aromatic heterocycles. The van der Waals surface area contributed by atoms with Crippen molar-refractivity contribution < 1.29 is 14.0 Å². The summed E-state index contributed by atoms with van der Waals surface area (Å²) in [5.41, 5.74) is 1.26. The molecule has 1 aliphatic heterocycles. The Morgan fingerprint density at radius 2 is 2.10 bits per heavy atom. The van der Waals surface area contributed by atoms with E-state index in [0.29, 0.717) is 22.3 Å². The number of rotatable bonds is 2. The molecule has 1 aliphatic rings. The molecule has 3 amide bonds. The molecular weight excluding hydrogens is 275 g/mol.